The van der Waals surface area contributed by atoms with Gasteiger partial charge in [-0.15, -0.1) is 0 Å². The summed E-state index contributed by atoms with van der Waals surface area (Å²) in [5.74, 6) is 1.66. The molecular weight excluding hydrogens is 364 g/mol. The van der Waals surface area contributed by atoms with Crippen molar-refractivity contribution >= 4 is 17.0 Å². The van der Waals surface area contributed by atoms with Crippen molar-refractivity contribution in [3.05, 3.63) is 30.5 Å². The van der Waals surface area contributed by atoms with Gasteiger partial charge in [0.25, 0.3) is 0 Å². The van der Waals surface area contributed by atoms with Gasteiger partial charge >= 0.3 is 0 Å². The van der Waals surface area contributed by atoms with E-state index in [4.69, 9.17) is 4.98 Å². The number of likely N-dealkylation sites (tertiary alicyclic amines) is 1. The van der Waals surface area contributed by atoms with Gasteiger partial charge in [-0.2, -0.15) is 5.10 Å². The quantitative estimate of drug-likeness (QED) is 0.691. The summed E-state index contributed by atoms with van der Waals surface area (Å²) >= 11 is 0. The number of anilines is 1. The smallest absolute Gasteiger partial charge is 0.165 e. The molecule has 154 valence electrons. The Balaban J connectivity index is 1.66. The number of nitrogens with zero attached hydrogens (tertiary/aromatic N) is 7. The molecule has 1 atom stereocenters. The maximum atomic E-state index is 4.92. The number of imidazole rings is 1. The molecule has 29 heavy (non-hydrogen) atoms. The van der Waals surface area contributed by atoms with E-state index in [9.17, 15) is 0 Å². The molecule has 1 aliphatic rings. The zero-order valence-electron chi connectivity index (χ0n) is 17.8. The first-order valence-electron chi connectivity index (χ1n) is 10.4. The highest BCUT2D eigenvalue weighted by Gasteiger charge is 2.23. The predicted molar refractivity (Wildman–Crippen MR) is 116 cm³/mol. The van der Waals surface area contributed by atoms with Crippen LogP contribution in [0.4, 0.5) is 5.82 Å². The molecule has 1 N–H and O–H groups in total. The average Bonchev–Trinajstić information content (AvgIpc) is 3.27. The Morgan fingerprint density at radius 3 is 2.86 bits per heavy atom. The standard InChI is InChI=1S/C21H30N8/c1-6-14(3)28-10-8-9-16(12-28)25-19-18-21(23-13-22-19)27(5)20(26-18)17-11-24-29(7-2)15(17)4/h11,13,16H,3,6-10,12H2,1-2,4-5H3,(H,22,23,25)/t16-/m0/s1. The van der Waals surface area contributed by atoms with E-state index in [2.05, 4.69) is 52.6 Å². The van der Waals surface area contributed by atoms with Crippen molar-refractivity contribution in [2.45, 2.75) is 52.6 Å². The molecule has 8 nitrogen and oxygen atoms in total. The molecule has 3 aromatic rings. The van der Waals surface area contributed by atoms with Gasteiger partial charge in [0.1, 0.15) is 12.2 Å². The third kappa shape index (κ3) is 3.47. The number of nitrogens with one attached hydrogen (secondary N) is 1. The first-order chi connectivity index (χ1) is 14.0. The molecule has 0 radical (unpaired) electrons. The Hall–Kier alpha value is -2.90. The Kier molecular flexibility index (Phi) is 5.25. The lowest BCUT2D eigenvalue weighted by atomic mass is 10.0. The first-order valence-corrected chi connectivity index (χ1v) is 10.4. The van der Waals surface area contributed by atoms with Gasteiger partial charge < -0.3 is 14.8 Å². The van der Waals surface area contributed by atoms with Gasteiger partial charge in [-0.25, -0.2) is 15.0 Å². The van der Waals surface area contributed by atoms with Crippen LogP contribution >= 0.6 is 0 Å². The Labute approximate surface area is 171 Å². The summed E-state index contributed by atoms with van der Waals surface area (Å²) in [5, 5.41) is 8.09. The lowest BCUT2D eigenvalue weighted by Crippen LogP contribution is -2.41. The normalized spacial score (nSPS) is 17.1. The van der Waals surface area contributed by atoms with Gasteiger partial charge in [0.2, 0.25) is 0 Å². The van der Waals surface area contributed by atoms with E-state index in [-0.39, 0.29) is 0 Å². The molecule has 3 aromatic heterocycles. The minimum absolute atomic E-state index is 0.320. The Morgan fingerprint density at radius 1 is 1.31 bits per heavy atom. The van der Waals surface area contributed by atoms with Crippen LogP contribution in [0.1, 0.15) is 38.8 Å². The van der Waals surface area contributed by atoms with Gasteiger partial charge in [0.15, 0.2) is 17.0 Å². The number of aryl methyl sites for hydroxylation is 2. The highest BCUT2D eigenvalue weighted by molar-refractivity contribution is 5.86. The highest BCUT2D eigenvalue weighted by Crippen LogP contribution is 2.29. The SMILES string of the molecule is C=C(CC)N1CCC[C@H](Nc2ncnc3c2nc(-c2cnn(CC)c2C)n3C)C1. The van der Waals surface area contributed by atoms with Crippen LogP contribution < -0.4 is 5.32 Å². The molecule has 4 rings (SSSR count). The van der Waals surface area contributed by atoms with E-state index in [0.29, 0.717) is 6.04 Å². The largest absolute Gasteiger partial charge is 0.373 e. The molecule has 0 aliphatic carbocycles. The molecule has 4 heterocycles. The van der Waals surface area contributed by atoms with Gasteiger partial charge in [0.05, 0.1) is 11.8 Å². The summed E-state index contributed by atoms with van der Waals surface area (Å²) in [7, 11) is 2.00. The van der Waals surface area contributed by atoms with Crippen molar-refractivity contribution in [3.63, 3.8) is 0 Å². The van der Waals surface area contributed by atoms with Gasteiger partial charge in [-0.05, 0) is 33.1 Å². The number of allylic oxidation sites excluding steroid dienone is 1. The Bertz CT molecular complexity index is 1030. The molecule has 0 unspecified atom stereocenters. The molecule has 1 saturated heterocycles. The van der Waals surface area contributed by atoms with Crippen molar-refractivity contribution < 1.29 is 0 Å². The van der Waals surface area contributed by atoms with Crippen LogP contribution in [0.5, 0.6) is 0 Å². The van der Waals surface area contributed by atoms with E-state index in [1.54, 1.807) is 6.33 Å². The summed E-state index contributed by atoms with van der Waals surface area (Å²) in [4.78, 5) is 16.3. The molecule has 0 saturated carbocycles. The second-order valence-electron chi connectivity index (χ2n) is 7.70. The molecule has 1 aliphatic heterocycles. The highest BCUT2D eigenvalue weighted by atomic mass is 15.3. The second-order valence-corrected chi connectivity index (χ2v) is 7.70. The van der Waals surface area contributed by atoms with Crippen LogP contribution in [0.2, 0.25) is 0 Å². The Morgan fingerprint density at radius 2 is 2.14 bits per heavy atom. The first kappa shape index (κ1) is 19.4. The number of hydrogen-bond donors (Lipinski definition) is 1. The topological polar surface area (TPSA) is 76.7 Å². The van der Waals surface area contributed by atoms with Crippen LogP contribution in [-0.4, -0.2) is 53.3 Å². The fourth-order valence-corrected chi connectivity index (χ4v) is 4.13. The van der Waals surface area contributed by atoms with E-state index in [0.717, 1.165) is 73.0 Å². The number of piperidine rings is 1. The van der Waals surface area contributed by atoms with Crippen LogP contribution in [0.25, 0.3) is 22.6 Å². The molecule has 0 aromatic carbocycles. The van der Waals surface area contributed by atoms with Crippen LogP contribution in [0.3, 0.4) is 0 Å². The van der Waals surface area contributed by atoms with Gasteiger partial charge in [0, 0.05) is 44.1 Å². The van der Waals surface area contributed by atoms with Crippen molar-refractivity contribution in [1.82, 2.24) is 34.2 Å². The monoisotopic (exact) mass is 394 g/mol. The molecule has 1 fully saturated rings. The van der Waals surface area contributed by atoms with Crippen LogP contribution in [0, 0.1) is 6.92 Å². The summed E-state index contributed by atoms with van der Waals surface area (Å²) in [6.07, 6.45) is 6.74. The molecule has 0 amide bonds. The summed E-state index contributed by atoms with van der Waals surface area (Å²) in [6, 6.07) is 0.320. The third-order valence-electron chi connectivity index (χ3n) is 5.92. The fraction of sp³-hybridized carbons (Fsp3) is 0.524. The lowest BCUT2D eigenvalue weighted by Gasteiger charge is -2.35. The summed E-state index contributed by atoms with van der Waals surface area (Å²) in [6.45, 7) is 13.4. The average molecular weight is 395 g/mol. The van der Waals surface area contributed by atoms with E-state index in [1.807, 2.05) is 22.5 Å². The number of aromatic nitrogens is 6. The maximum Gasteiger partial charge on any atom is 0.165 e. The molecule has 0 bridgehead atoms. The zero-order chi connectivity index (χ0) is 20.5. The number of rotatable bonds is 6. The molecule has 8 heteroatoms. The lowest BCUT2D eigenvalue weighted by molar-refractivity contribution is 0.264. The second kappa shape index (κ2) is 7.85. The zero-order valence-corrected chi connectivity index (χ0v) is 17.8. The fourth-order valence-electron chi connectivity index (χ4n) is 4.13. The van der Waals surface area contributed by atoms with E-state index < -0.39 is 0 Å². The summed E-state index contributed by atoms with van der Waals surface area (Å²) in [5.41, 5.74) is 4.97. The summed E-state index contributed by atoms with van der Waals surface area (Å²) < 4.78 is 4.01. The molecular formula is C21H30N8. The van der Waals surface area contributed by atoms with Crippen LogP contribution in [0.15, 0.2) is 24.8 Å². The van der Waals surface area contributed by atoms with Crippen molar-refractivity contribution in [2.75, 3.05) is 18.4 Å². The van der Waals surface area contributed by atoms with E-state index >= 15 is 0 Å². The number of hydrogen-bond acceptors (Lipinski definition) is 6. The predicted octanol–water partition coefficient (Wildman–Crippen LogP) is 3.36. The minimum Gasteiger partial charge on any atom is -0.373 e. The van der Waals surface area contributed by atoms with Gasteiger partial charge in [-0.1, -0.05) is 13.5 Å². The van der Waals surface area contributed by atoms with Crippen LogP contribution in [-0.2, 0) is 13.6 Å². The molecule has 0 spiro atoms. The maximum absolute atomic E-state index is 4.92. The van der Waals surface area contributed by atoms with Crippen molar-refractivity contribution in [2.24, 2.45) is 7.05 Å². The van der Waals surface area contributed by atoms with Crippen molar-refractivity contribution in [3.8, 4) is 11.4 Å². The minimum atomic E-state index is 0.320. The third-order valence-corrected chi connectivity index (χ3v) is 5.92. The van der Waals surface area contributed by atoms with Crippen molar-refractivity contribution in [1.29, 1.82) is 0 Å². The van der Waals surface area contributed by atoms with E-state index in [1.165, 1.54) is 5.70 Å². The van der Waals surface area contributed by atoms with Gasteiger partial charge in [-0.3, -0.25) is 4.68 Å². The number of fused-ring (bicyclic) bond motifs is 1.